The first-order chi connectivity index (χ1) is 7.11. The Labute approximate surface area is 104 Å². The number of esters is 1. The van der Waals surface area contributed by atoms with Crippen LogP contribution < -0.4 is 0 Å². The number of rotatable bonds is 3. The molecule has 0 saturated carbocycles. The number of halogens is 3. The molecule has 1 aromatic carbocycles. The highest BCUT2D eigenvalue weighted by Gasteiger charge is 2.19. The summed E-state index contributed by atoms with van der Waals surface area (Å²) in [5.41, 5.74) is 0.567. The third-order valence-electron chi connectivity index (χ3n) is 1.80. The van der Waals surface area contributed by atoms with E-state index in [1.54, 1.807) is 19.1 Å². The quantitative estimate of drug-likeness (QED) is 0.620. The SMILES string of the molecule is CCOC(=O)c1c(CBr)ccc(Br)c1F. The van der Waals surface area contributed by atoms with Gasteiger partial charge in [-0.3, -0.25) is 0 Å². The molecular formula is C10H9Br2FO2. The molecule has 0 fully saturated rings. The van der Waals surface area contributed by atoms with Crippen LogP contribution in [0, 0.1) is 5.82 Å². The highest BCUT2D eigenvalue weighted by molar-refractivity contribution is 9.10. The monoisotopic (exact) mass is 338 g/mol. The number of alkyl halides is 1. The molecule has 15 heavy (non-hydrogen) atoms. The van der Waals surface area contributed by atoms with Gasteiger partial charge in [0.25, 0.3) is 0 Å². The van der Waals surface area contributed by atoms with Gasteiger partial charge < -0.3 is 4.74 Å². The molecule has 1 aromatic rings. The average molecular weight is 340 g/mol. The Morgan fingerprint density at radius 2 is 2.20 bits per heavy atom. The predicted octanol–water partition coefficient (Wildman–Crippen LogP) is 3.66. The van der Waals surface area contributed by atoms with E-state index in [0.717, 1.165) is 0 Å². The van der Waals surface area contributed by atoms with Gasteiger partial charge in [-0.15, -0.1) is 0 Å². The number of ether oxygens (including phenoxy) is 1. The van der Waals surface area contributed by atoms with E-state index in [2.05, 4.69) is 31.9 Å². The fourth-order valence-electron chi connectivity index (χ4n) is 1.13. The van der Waals surface area contributed by atoms with Crippen LogP contribution in [0.4, 0.5) is 4.39 Å². The van der Waals surface area contributed by atoms with Crippen molar-refractivity contribution in [1.82, 2.24) is 0 Å². The van der Waals surface area contributed by atoms with Gasteiger partial charge in [0.15, 0.2) is 5.82 Å². The zero-order chi connectivity index (χ0) is 11.4. The van der Waals surface area contributed by atoms with Gasteiger partial charge in [0, 0.05) is 5.33 Å². The zero-order valence-corrected chi connectivity index (χ0v) is 11.2. The topological polar surface area (TPSA) is 26.3 Å². The van der Waals surface area contributed by atoms with Gasteiger partial charge in [-0.25, -0.2) is 9.18 Å². The number of benzene rings is 1. The van der Waals surface area contributed by atoms with E-state index < -0.39 is 11.8 Å². The lowest BCUT2D eigenvalue weighted by Gasteiger charge is -2.08. The second-order valence-electron chi connectivity index (χ2n) is 2.75. The average Bonchev–Trinajstić information content (AvgIpc) is 2.22. The van der Waals surface area contributed by atoms with E-state index in [9.17, 15) is 9.18 Å². The molecule has 0 aromatic heterocycles. The molecule has 0 saturated heterocycles. The van der Waals surface area contributed by atoms with E-state index in [4.69, 9.17) is 4.74 Å². The molecule has 0 atom stereocenters. The molecule has 0 spiro atoms. The molecule has 1 rings (SSSR count). The molecule has 0 aliphatic carbocycles. The summed E-state index contributed by atoms with van der Waals surface area (Å²) < 4.78 is 18.7. The van der Waals surface area contributed by atoms with Crippen molar-refractivity contribution in [3.63, 3.8) is 0 Å². The Balaban J connectivity index is 3.23. The normalized spacial score (nSPS) is 10.1. The zero-order valence-electron chi connectivity index (χ0n) is 8.02. The Hall–Kier alpha value is -0.420. The summed E-state index contributed by atoms with van der Waals surface area (Å²) in [6, 6.07) is 3.24. The van der Waals surface area contributed by atoms with Crippen LogP contribution in [-0.4, -0.2) is 12.6 Å². The maximum Gasteiger partial charge on any atom is 0.341 e. The molecule has 0 heterocycles. The fraction of sp³-hybridized carbons (Fsp3) is 0.300. The molecule has 2 nitrogen and oxygen atoms in total. The summed E-state index contributed by atoms with van der Waals surface area (Å²) >= 11 is 6.23. The summed E-state index contributed by atoms with van der Waals surface area (Å²) in [7, 11) is 0. The Kier molecular flexibility index (Phi) is 4.73. The second-order valence-corrected chi connectivity index (χ2v) is 4.16. The van der Waals surface area contributed by atoms with Crippen molar-refractivity contribution in [2.45, 2.75) is 12.3 Å². The molecular weight excluding hydrogens is 331 g/mol. The molecule has 0 unspecified atom stereocenters. The minimum absolute atomic E-state index is 0.0110. The highest BCUT2D eigenvalue weighted by Crippen LogP contribution is 2.24. The van der Waals surface area contributed by atoms with Gasteiger partial charge in [0.2, 0.25) is 0 Å². The Morgan fingerprint density at radius 3 is 2.73 bits per heavy atom. The van der Waals surface area contributed by atoms with Gasteiger partial charge in [-0.05, 0) is 34.5 Å². The van der Waals surface area contributed by atoms with Crippen molar-refractivity contribution >= 4 is 37.8 Å². The number of carbonyl (C=O) groups excluding carboxylic acids is 1. The van der Waals surface area contributed by atoms with Gasteiger partial charge in [0.05, 0.1) is 11.1 Å². The molecule has 0 aliphatic rings. The minimum atomic E-state index is -0.634. The summed E-state index contributed by atoms with van der Waals surface area (Å²) in [6.45, 7) is 1.91. The van der Waals surface area contributed by atoms with Crippen molar-refractivity contribution < 1.29 is 13.9 Å². The Morgan fingerprint density at radius 1 is 1.53 bits per heavy atom. The first-order valence-corrected chi connectivity index (χ1v) is 6.23. The first-order valence-electron chi connectivity index (χ1n) is 4.31. The first kappa shape index (κ1) is 12.6. The van der Waals surface area contributed by atoms with E-state index in [-0.39, 0.29) is 16.6 Å². The smallest absolute Gasteiger partial charge is 0.341 e. The van der Waals surface area contributed by atoms with Crippen molar-refractivity contribution in [2.24, 2.45) is 0 Å². The van der Waals surface area contributed by atoms with Crippen LogP contribution in [0.5, 0.6) is 0 Å². The lowest BCUT2D eigenvalue weighted by Crippen LogP contribution is -2.10. The molecule has 5 heteroatoms. The number of hydrogen-bond acceptors (Lipinski definition) is 2. The number of hydrogen-bond donors (Lipinski definition) is 0. The highest BCUT2D eigenvalue weighted by atomic mass is 79.9. The van der Waals surface area contributed by atoms with E-state index in [1.807, 2.05) is 0 Å². The lowest BCUT2D eigenvalue weighted by atomic mass is 10.1. The largest absolute Gasteiger partial charge is 0.462 e. The van der Waals surface area contributed by atoms with Gasteiger partial charge in [-0.1, -0.05) is 22.0 Å². The Bertz CT molecular complexity index is 380. The summed E-state index contributed by atoms with van der Waals surface area (Å²) in [5, 5.41) is 0.408. The molecule has 0 bridgehead atoms. The van der Waals surface area contributed by atoms with Crippen LogP contribution in [0.3, 0.4) is 0 Å². The van der Waals surface area contributed by atoms with E-state index in [1.165, 1.54) is 0 Å². The third-order valence-corrected chi connectivity index (χ3v) is 3.02. The van der Waals surface area contributed by atoms with Crippen LogP contribution in [0.1, 0.15) is 22.8 Å². The third kappa shape index (κ3) is 2.78. The van der Waals surface area contributed by atoms with Gasteiger partial charge in [-0.2, -0.15) is 0 Å². The maximum absolute atomic E-state index is 13.7. The van der Waals surface area contributed by atoms with E-state index in [0.29, 0.717) is 10.9 Å². The van der Waals surface area contributed by atoms with Crippen molar-refractivity contribution in [2.75, 3.05) is 6.61 Å². The van der Waals surface area contributed by atoms with Crippen LogP contribution in [0.25, 0.3) is 0 Å². The van der Waals surface area contributed by atoms with Gasteiger partial charge in [0.1, 0.15) is 5.56 Å². The second kappa shape index (κ2) is 5.61. The van der Waals surface area contributed by atoms with Crippen molar-refractivity contribution in [3.05, 3.63) is 33.5 Å². The van der Waals surface area contributed by atoms with Crippen LogP contribution >= 0.6 is 31.9 Å². The standard InChI is InChI=1S/C10H9Br2FO2/c1-2-15-10(14)8-6(5-11)3-4-7(12)9(8)13/h3-4H,2,5H2,1H3. The van der Waals surface area contributed by atoms with Crippen LogP contribution in [-0.2, 0) is 10.1 Å². The molecule has 82 valence electrons. The predicted molar refractivity (Wildman–Crippen MR) is 62.7 cm³/mol. The molecule has 0 aliphatic heterocycles. The molecule has 0 N–H and O–H groups in total. The lowest BCUT2D eigenvalue weighted by molar-refractivity contribution is 0.0520. The van der Waals surface area contributed by atoms with Gasteiger partial charge >= 0.3 is 5.97 Å². The summed E-state index contributed by atoms with van der Waals surface area (Å²) in [4.78, 5) is 11.5. The minimum Gasteiger partial charge on any atom is -0.462 e. The fourth-order valence-corrected chi connectivity index (χ4v) is 1.92. The van der Waals surface area contributed by atoms with E-state index >= 15 is 0 Å². The summed E-state index contributed by atoms with van der Waals surface area (Å²) in [5.74, 6) is -1.21. The van der Waals surface area contributed by atoms with Crippen LogP contribution in [0.2, 0.25) is 0 Å². The van der Waals surface area contributed by atoms with Crippen LogP contribution in [0.15, 0.2) is 16.6 Å². The number of carbonyl (C=O) groups is 1. The molecule has 0 radical (unpaired) electrons. The molecule has 0 amide bonds. The van der Waals surface area contributed by atoms with Crippen molar-refractivity contribution in [1.29, 1.82) is 0 Å². The summed E-state index contributed by atoms with van der Waals surface area (Å²) in [6.07, 6.45) is 0. The maximum atomic E-state index is 13.7. The van der Waals surface area contributed by atoms with Crippen molar-refractivity contribution in [3.8, 4) is 0 Å².